The third-order valence-electron chi connectivity index (χ3n) is 3.62. The lowest BCUT2D eigenvalue weighted by Crippen LogP contribution is -2.42. The second kappa shape index (κ2) is 7.13. The van der Waals surface area contributed by atoms with E-state index in [1.165, 1.54) is 4.90 Å². The first-order chi connectivity index (χ1) is 10.6. The number of nitrogens with zero attached hydrogens (tertiary/aromatic N) is 1. The van der Waals surface area contributed by atoms with Crippen LogP contribution in [0.1, 0.15) is 24.3 Å². The van der Waals surface area contributed by atoms with E-state index >= 15 is 0 Å². The van der Waals surface area contributed by atoms with Crippen molar-refractivity contribution in [3.8, 4) is 0 Å². The second-order valence-corrected chi connectivity index (χ2v) is 5.22. The molecule has 2 aromatic rings. The maximum atomic E-state index is 12.2. The van der Waals surface area contributed by atoms with Crippen LogP contribution in [0.15, 0.2) is 41.3 Å². The Kier molecular flexibility index (Phi) is 5.22. The van der Waals surface area contributed by atoms with E-state index in [0.29, 0.717) is 6.54 Å². The smallest absolute Gasteiger partial charge is 0.318 e. The van der Waals surface area contributed by atoms with Gasteiger partial charge in [-0.15, -0.1) is 6.58 Å². The SMILES string of the molecule is C=CCN(CCO)C(=O)NC(C)c1oc2ccccc2c1C. The first-order valence-electron chi connectivity index (χ1n) is 7.33. The number of hydrogen-bond acceptors (Lipinski definition) is 3. The van der Waals surface area contributed by atoms with E-state index in [1.807, 2.05) is 38.1 Å². The van der Waals surface area contributed by atoms with Crippen molar-refractivity contribution in [2.24, 2.45) is 0 Å². The fraction of sp³-hybridized carbons (Fsp3) is 0.353. The molecule has 5 heteroatoms. The van der Waals surface area contributed by atoms with E-state index in [-0.39, 0.29) is 25.2 Å². The topological polar surface area (TPSA) is 65.7 Å². The van der Waals surface area contributed by atoms with Gasteiger partial charge in [-0.3, -0.25) is 0 Å². The molecular formula is C17H22N2O3. The lowest BCUT2D eigenvalue weighted by molar-refractivity contribution is 0.180. The molecule has 0 aliphatic heterocycles. The highest BCUT2D eigenvalue weighted by Crippen LogP contribution is 2.29. The summed E-state index contributed by atoms with van der Waals surface area (Å²) >= 11 is 0. The molecule has 0 fully saturated rings. The van der Waals surface area contributed by atoms with Gasteiger partial charge in [0.15, 0.2) is 0 Å². The van der Waals surface area contributed by atoms with Crippen LogP contribution in [-0.4, -0.2) is 35.7 Å². The standard InChI is InChI=1S/C17H22N2O3/c1-4-9-19(10-11-20)17(21)18-13(3)16-12(2)14-7-5-6-8-15(14)22-16/h4-8,13,20H,1,9-11H2,2-3H3,(H,18,21). The minimum absolute atomic E-state index is 0.0840. The number of aliphatic hydroxyl groups excluding tert-OH is 1. The number of benzene rings is 1. The largest absolute Gasteiger partial charge is 0.459 e. The zero-order valence-corrected chi connectivity index (χ0v) is 13.0. The monoisotopic (exact) mass is 302 g/mol. The molecule has 0 spiro atoms. The summed E-state index contributed by atoms with van der Waals surface area (Å²) in [6, 6.07) is 7.29. The van der Waals surface area contributed by atoms with Crippen LogP contribution >= 0.6 is 0 Å². The summed E-state index contributed by atoms with van der Waals surface area (Å²) in [4.78, 5) is 13.7. The number of hydrogen-bond donors (Lipinski definition) is 2. The summed E-state index contributed by atoms with van der Waals surface area (Å²) in [6.45, 7) is 8.06. The Hall–Kier alpha value is -2.27. The summed E-state index contributed by atoms with van der Waals surface area (Å²) in [7, 11) is 0. The van der Waals surface area contributed by atoms with Crippen LogP contribution in [0.3, 0.4) is 0 Å². The molecule has 2 amide bonds. The number of fused-ring (bicyclic) bond motifs is 1. The number of amides is 2. The third kappa shape index (κ3) is 3.31. The van der Waals surface area contributed by atoms with Crippen molar-refractivity contribution in [1.82, 2.24) is 10.2 Å². The van der Waals surface area contributed by atoms with Crippen LogP contribution in [0.4, 0.5) is 4.79 Å². The zero-order valence-electron chi connectivity index (χ0n) is 13.0. The summed E-state index contributed by atoms with van der Waals surface area (Å²) in [5, 5.41) is 13.0. The summed E-state index contributed by atoms with van der Waals surface area (Å²) in [6.07, 6.45) is 1.63. The van der Waals surface area contributed by atoms with Gasteiger partial charge in [-0.1, -0.05) is 24.3 Å². The molecule has 0 radical (unpaired) electrons. The molecule has 118 valence electrons. The number of para-hydroxylation sites is 1. The normalized spacial score (nSPS) is 12.1. The molecule has 2 N–H and O–H groups in total. The van der Waals surface area contributed by atoms with Crippen LogP contribution in [0.5, 0.6) is 0 Å². The van der Waals surface area contributed by atoms with E-state index in [9.17, 15) is 4.79 Å². The van der Waals surface area contributed by atoms with Gasteiger partial charge in [0.25, 0.3) is 0 Å². The van der Waals surface area contributed by atoms with Gasteiger partial charge in [-0.25, -0.2) is 4.79 Å². The average Bonchev–Trinajstić information content (AvgIpc) is 2.85. The Bertz CT molecular complexity index is 663. The fourth-order valence-electron chi connectivity index (χ4n) is 2.50. The molecular weight excluding hydrogens is 280 g/mol. The van der Waals surface area contributed by atoms with Crippen molar-refractivity contribution in [1.29, 1.82) is 0 Å². The molecule has 0 aliphatic carbocycles. The van der Waals surface area contributed by atoms with Gasteiger partial charge in [0.05, 0.1) is 12.6 Å². The van der Waals surface area contributed by atoms with Crippen molar-refractivity contribution in [2.75, 3.05) is 19.7 Å². The van der Waals surface area contributed by atoms with Crippen molar-refractivity contribution in [3.05, 3.63) is 48.2 Å². The minimum Gasteiger partial charge on any atom is -0.459 e. The highest BCUT2D eigenvalue weighted by Gasteiger charge is 2.20. The number of carbonyl (C=O) groups is 1. The van der Waals surface area contributed by atoms with Gasteiger partial charge < -0.3 is 19.7 Å². The molecule has 2 rings (SSSR count). The molecule has 0 aliphatic rings. The number of urea groups is 1. The summed E-state index contributed by atoms with van der Waals surface area (Å²) < 4.78 is 5.86. The molecule has 1 aromatic carbocycles. The molecule has 0 saturated carbocycles. The molecule has 0 saturated heterocycles. The van der Waals surface area contributed by atoms with E-state index < -0.39 is 0 Å². The van der Waals surface area contributed by atoms with E-state index in [2.05, 4.69) is 11.9 Å². The predicted octanol–water partition coefficient (Wildman–Crippen LogP) is 2.99. The lowest BCUT2D eigenvalue weighted by Gasteiger charge is -2.23. The zero-order chi connectivity index (χ0) is 16.1. The lowest BCUT2D eigenvalue weighted by atomic mass is 10.1. The molecule has 1 aromatic heterocycles. The number of rotatable bonds is 6. The summed E-state index contributed by atoms with van der Waals surface area (Å²) in [5.74, 6) is 0.747. The third-order valence-corrected chi connectivity index (χ3v) is 3.62. The number of furan rings is 1. The van der Waals surface area contributed by atoms with Crippen LogP contribution in [0, 0.1) is 6.92 Å². The van der Waals surface area contributed by atoms with E-state index in [1.54, 1.807) is 6.08 Å². The van der Waals surface area contributed by atoms with Gasteiger partial charge >= 0.3 is 6.03 Å². The Balaban J connectivity index is 2.16. The second-order valence-electron chi connectivity index (χ2n) is 5.22. The Labute approximate surface area is 130 Å². The van der Waals surface area contributed by atoms with Gasteiger partial charge in [0.1, 0.15) is 11.3 Å². The highest BCUT2D eigenvalue weighted by molar-refractivity contribution is 5.82. The number of aryl methyl sites for hydroxylation is 1. The molecule has 1 atom stereocenters. The Morgan fingerprint density at radius 2 is 2.23 bits per heavy atom. The van der Waals surface area contributed by atoms with E-state index in [0.717, 1.165) is 22.3 Å². The van der Waals surface area contributed by atoms with Crippen molar-refractivity contribution >= 4 is 17.0 Å². The van der Waals surface area contributed by atoms with Crippen LogP contribution in [0.2, 0.25) is 0 Å². The van der Waals surface area contributed by atoms with Crippen molar-refractivity contribution in [2.45, 2.75) is 19.9 Å². The van der Waals surface area contributed by atoms with Gasteiger partial charge in [-0.05, 0) is 19.9 Å². The highest BCUT2D eigenvalue weighted by atomic mass is 16.3. The number of carbonyl (C=O) groups excluding carboxylic acids is 1. The van der Waals surface area contributed by atoms with Crippen molar-refractivity contribution in [3.63, 3.8) is 0 Å². The van der Waals surface area contributed by atoms with Crippen molar-refractivity contribution < 1.29 is 14.3 Å². The Morgan fingerprint density at radius 1 is 1.50 bits per heavy atom. The van der Waals surface area contributed by atoms with Crippen LogP contribution in [0.25, 0.3) is 11.0 Å². The average molecular weight is 302 g/mol. The number of aliphatic hydroxyl groups is 1. The van der Waals surface area contributed by atoms with Gasteiger partial charge in [0.2, 0.25) is 0 Å². The molecule has 1 unspecified atom stereocenters. The first-order valence-corrected chi connectivity index (χ1v) is 7.33. The molecule has 22 heavy (non-hydrogen) atoms. The molecule has 1 heterocycles. The quantitative estimate of drug-likeness (QED) is 0.806. The minimum atomic E-state index is -0.258. The predicted molar refractivity (Wildman–Crippen MR) is 86.8 cm³/mol. The Morgan fingerprint density at radius 3 is 2.86 bits per heavy atom. The van der Waals surface area contributed by atoms with Gasteiger partial charge in [0, 0.05) is 24.0 Å². The van der Waals surface area contributed by atoms with Crippen LogP contribution < -0.4 is 5.32 Å². The molecule has 5 nitrogen and oxygen atoms in total. The van der Waals surface area contributed by atoms with Crippen LogP contribution in [-0.2, 0) is 0 Å². The first kappa shape index (κ1) is 16.1. The maximum Gasteiger partial charge on any atom is 0.318 e. The van der Waals surface area contributed by atoms with E-state index in [4.69, 9.17) is 9.52 Å². The van der Waals surface area contributed by atoms with Gasteiger partial charge in [-0.2, -0.15) is 0 Å². The summed E-state index contributed by atoms with van der Waals surface area (Å²) in [5.41, 5.74) is 1.84. The molecule has 0 bridgehead atoms. The maximum absolute atomic E-state index is 12.2. The fourth-order valence-corrected chi connectivity index (χ4v) is 2.50. The number of nitrogens with one attached hydrogen (secondary N) is 1.